The van der Waals surface area contributed by atoms with Crippen LogP contribution in [0.3, 0.4) is 0 Å². The maximum atomic E-state index is 5.46. The molecule has 2 aliphatic carbocycles. The van der Waals surface area contributed by atoms with Gasteiger partial charge in [0.15, 0.2) is 0 Å². The summed E-state index contributed by atoms with van der Waals surface area (Å²) >= 11 is 0. The molecule has 0 radical (unpaired) electrons. The Balaban J connectivity index is 0.884. The minimum Gasteiger partial charge on any atom is -0.340 e. The number of nitrogens with zero attached hydrogens (tertiary/aromatic N) is 3. The topological polar surface area (TPSA) is 42.7 Å². The smallest absolute Gasteiger partial charge is 0.138 e. The van der Waals surface area contributed by atoms with Crippen LogP contribution in [0.2, 0.25) is 0 Å². The third kappa shape index (κ3) is 7.26. The third-order valence-corrected chi connectivity index (χ3v) is 14.2. The fourth-order valence-electron chi connectivity index (χ4n) is 10.8. The van der Waals surface area contributed by atoms with Crippen LogP contribution in [0.15, 0.2) is 255 Å². The Morgan fingerprint density at radius 3 is 1.78 bits per heavy atom. The number of fused-ring (bicyclic) bond motifs is 4. The van der Waals surface area contributed by atoms with E-state index in [-0.39, 0.29) is 5.41 Å². The first-order valence-electron chi connectivity index (χ1n) is 23.8. The number of pyridine rings is 2. The van der Waals surface area contributed by atoms with E-state index in [4.69, 9.17) is 9.97 Å². The van der Waals surface area contributed by atoms with Crippen LogP contribution < -0.4 is 5.32 Å². The van der Waals surface area contributed by atoms with Crippen molar-refractivity contribution in [1.82, 2.24) is 14.5 Å². The van der Waals surface area contributed by atoms with Crippen molar-refractivity contribution in [2.75, 3.05) is 5.32 Å². The molecule has 8 aromatic carbocycles. The van der Waals surface area contributed by atoms with Gasteiger partial charge >= 0.3 is 0 Å². The first kappa shape index (κ1) is 40.4. The summed E-state index contributed by atoms with van der Waals surface area (Å²) in [6, 6.07) is 86.5. The van der Waals surface area contributed by atoms with Crippen molar-refractivity contribution < 1.29 is 0 Å². The fraction of sp³-hybridized carbons (Fsp3) is 0.0462. The zero-order valence-corrected chi connectivity index (χ0v) is 37.9. The summed E-state index contributed by atoms with van der Waals surface area (Å²) < 4.78 is 2.32. The van der Waals surface area contributed by atoms with Crippen molar-refractivity contribution in [3.8, 4) is 50.5 Å². The van der Waals surface area contributed by atoms with E-state index in [1.807, 2.05) is 0 Å². The second kappa shape index (κ2) is 16.8. The van der Waals surface area contributed by atoms with E-state index < -0.39 is 0 Å². The normalized spacial score (nSPS) is 16.1. The lowest BCUT2D eigenvalue weighted by Gasteiger charge is -2.23. The van der Waals surface area contributed by atoms with Crippen LogP contribution in [0, 0.1) is 5.92 Å². The minimum absolute atomic E-state index is 0.0394. The molecule has 3 heterocycles. The molecule has 4 heteroatoms. The lowest BCUT2D eigenvalue weighted by atomic mass is 9.82. The number of nitrogens with one attached hydrogen (secondary N) is 1. The SMILES string of the molecule is C1=C(c2ccccc2)C=C(c2cccc(Nc3ccccc3-c3cccc4c3c3ccccc3n4-c3cccc(-c4cc(-c5ccccc5)cc(-c5ccccc5)c4)n3)n2)C2CC12c1ccccc1. The Hall–Kier alpha value is -8.86. The summed E-state index contributed by atoms with van der Waals surface area (Å²) in [5.41, 5.74) is 18.1. The highest BCUT2D eigenvalue weighted by atomic mass is 15.1. The third-order valence-electron chi connectivity index (χ3n) is 14.2. The predicted molar refractivity (Wildman–Crippen MR) is 286 cm³/mol. The monoisotopic (exact) mass is 882 g/mol. The zero-order valence-electron chi connectivity index (χ0n) is 37.9. The van der Waals surface area contributed by atoms with Gasteiger partial charge in [0.25, 0.3) is 0 Å². The van der Waals surface area contributed by atoms with Gasteiger partial charge in [-0.15, -0.1) is 0 Å². The van der Waals surface area contributed by atoms with Crippen molar-refractivity contribution in [3.05, 3.63) is 272 Å². The molecule has 1 fully saturated rings. The quantitative estimate of drug-likeness (QED) is 0.149. The molecule has 2 unspecified atom stereocenters. The molecular formula is C65H46N4. The number of rotatable bonds is 10. The number of anilines is 2. The summed E-state index contributed by atoms with van der Waals surface area (Å²) in [6.07, 6.45) is 5.94. The summed E-state index contributed by atoms with van der Waals surface area (Å²) in [5.74, 6) is 2.03. The Kier molecular flexibility index (Phi) is 9.83. The van der Waals surface area contributed by atoms with E-state index in [0.29, 0.717) is 5.92 Å². The van der Waals surface area contributed by atoms with Gasteiger partial charge in [-0.3, -0.25) is 4.57 Å². The molecule has 1 saturated carbocycles. The number of aromatic nitrogens is 3. The molecule has 0 spiro atoms. The van der Waals surface area contributed by atoms with Crippen LogP contribution in [0.25, 0.3) is 83.4 Å². The highest BCUT2D eigenvalue weighted by molar-refractivity contribution is 6.16. The first-order chi connectivity index (χ1) is 34.2. The Morgan fingerprint density at radius 1 is 0.449 bits per heavy atom. The maximum absolute atomic E-state index is 5.46. The molecule has 0 saturated heterocycles. The van der Waals surface area contributed by atoms with Crippen molar-refractivity contribution in [2.45, 2.75) is 11.8 Å². The standard InChI is InChI=1S/C65H46N4/c1-5-20-44(21-6-1)47-38-48(45-22-7-2-8-23-45)40-49(39-47)57-32-19-37-63(68-57)69-60-34-16-14-29-54(60)64-53(30-17-35-61(64)69)52-28-13-15-31-58(52)66-62-36-18-33-59(67-62)55-41-50(46-24-9-3-10-25-46)42-65(43-56(55)65)51-26-11-4-12-27-51/h1-42,56H,43H2,(H,66,67). The lowest BCUT2D eigenvalue weighted by Crippen LogP contribution is -2.12. The Bertz CT molecular complexity index is 3720. The molecule has 0 amide bonds. The molecular weight excluding hydrogens is 837 g/mol. The number of hydrogen-bond donors (Lipinski definition) is 1. The molecule has 4 nitrogen and oxygen atoms in total. The summed E-state index contributed by atoms with van der Waals surface area (Å²) in [4.78, 5) is 10.8. The van der Waals surface area contributed by atoms with E-state index >= 15 is 0 Å². The molecule has 3 aromatic heterocycles. The van der Waals surface area contributed by atoms with Gasteiger partial charge in [-0.25, -0.2) is 9.97 Å². The molecule has 2 aliphatic rings. The first-order valence-corrected chi connectivity index (χ1v) is 23.8. The number of allylic oxidation sites excluding steroid dienone is 4. The van der Waals surface area contributed by atoms with E-state index in [9.17, 15) is 0 Å². The highest BCUT2D eigenvalue weighted by Crippen LogP contribution is 2.64. The van der Waals surface area contributed by atoms with Gasteiger partial charge in [0.1, 0.15) is 11.6 Å². The predicted octanol–water partition coefficient (Wildman–Crippen LogP) is 16.4. The van der Waals surface area contributed by atoms with Crippen molar-refractivity contribution in [3.63, 3.8) is 0 Å². The summed E-state index contributed by atoms with van der Waals surface area (Å²) in [5, 5.41) is 6.14. The van der Waals surface area contributed by atoms with Crippen LogP contribution in [0.5, 0.6) is 0 Å². The zero-order chi connectivity index (χ0) is 45.7. The summed E-state index contributed by atoms with van der Waals surface area (Å²) in [6.45, 7) is 0. The molecule has 1 N–H and O–H groups in total. The van der Waals surface area contributed by atoms with E-state index in [0.717, 1.165) is 74.0 Å². The number of hydrogen-bond acceptors (Lipinski definition) is 3. The second-order valence-electron chi connectivity index (χ2n) is 18.3. The van der Waals surface area contributed by atoms with Gasteiger partial charge in [-0.05, 0) is 123 Å². The van der Waals surface area contributed by atoms with E-state index in [1.165, 1.54) is 44.2 Å². The average molecular weight is 883 g/mol. The van der Waals surface area contributed by atoms with Gasteiger partial charge in [0.2, 0.25) is 0 Å². The molecule has 0 bridgehead atoms. The van der Waals surface area contributed by atoms with Crippen molar-refractivity contribution in [1.29, 1.82) is 0 Å². The second-order valence-corrected chi connectivity index (χ2v) is 18.3. The van der Waals surface area contributed by atoms with Gasteiger partial charge in [0.05, 0.1) is 22.4 Å². The van der Waals surface area contributed by atoms with Crippen molar-refractivity contribution in [2.24, 2.45) is 5.92 Å². The minimum atomic E-state index is -0.0394. The average Bonchev–Trinajstić information content (AvgIpc) is 4.09. The van der Waals surface area contributed by atoms with Gasteiger partial charge in [-0.1, -0.05) is 188 Å². The number of benzene rings is 8. The Morgan fingerprint density at radius 2 is 1.03 bits per heavy atom. The van der Waals surface area contributed by atoms with Crippen LogP contribution in [0.1, 0.15) is 23.2 Å². The molecule has 2 atom stereocenters. The maximum Gasteiger partial charge on any atom is 0.138 e. The highest BCUT2D eigenvalue weighted by Gasteiger charge is 2.57. The fourth-order valence-corrected chi connectivity index (χ4v) is 10.8. The van der Waals surface area contributed by atoms with Crippen LogP contribution in [-0.2, 0) is 5.41 Å². The molecule has 326 valence electrons. The van der Waals surface area contributed by atoms with Crippen LogP contribution in [0.4, 0.5) is 11.5 Å². The largest absolute Gasteiger partial charge is 0.340 e. The molecule has 0 aliphatic heterocycles. The van der Waals surface area contributed by atoms with Crippen LogP contribution in [-0.4, -0.2) is 14.5 Å². The van der Waals surface area contributed by atoms with E-state index in [1.54, 1.807) is 0 Å². The van der Waals surface area contributed by atoms with Gasteiger partial charge in [-0.2, -0.15) is 0 Å². The number of para-hydroxylation sites is 2. The van der Waals surface area contributed by atoms with Gasteiger partial charge in [0, 0.05) is 38.9 Å². The Labute approximate surface area is 402 Å². The van der Waals surface area contributed by atoms with E-state index in [2.05, 4.69) is 265 Å². The molecule has 13 rings (SSSR count). The van der Waals surface area contributed by atoms with Crippen LogP contribution >= 0.6 is 0 Å². The molecule has 69 heavy (non-hydrogen) atoms. The lowest BCUT2D eigenvalue weighted by molar-refractivity contribution is 0.828. The molecule has 11 aromatic rings. The summed E-state index contributed by atoms with van der Waals surface area (Å²) in [7, 11) is 0. The van der Waals surface area contributed by atoms with Gasteiger partial charge < -0.3 is 5.32 Å². The van der Waals surface area contributed by atoms with Crippen molar-refractivity contribution >= 4 is 44.5 Å².